The minimum absolute atomic E-state index is 1.13. The van der Waals surface area contributed by atoms with Crippen molar-refractivity contribution in [3.8, 4) is 33.6 Å². The number of aromatic nitrogens is 2. The Hall–Kier alpha value is -7.98. The smallest absolute Gasteiger partial charge is 0.180 e. The van der Waals surface area contributed by atoms with Gasteiger partial charge in [-0.25, -0.2) is 0 Å². The van der Waals surface area contributed by atoms with Gasteiger partial charge in [0, 0.05) is 27.2 Å². The van der Waals surface area contributed by atoms with Crippen LogP contribution in [0.5, 0.6) is 0 Å². The van der Waals surface area contributed by atoms with E-state index in [0.29, 0.717) is 0 Å². The molecule has 0 bridgehead atoms. The van der Waals surface area contributed by atoms with Gasteiger partial charge in [-0.15, -0.1) is 0 Å². The molecule has 0 atom stereocenters. The molecule has 2 nitrogen and oxygen atoms in total. The van der Waals surface area contributed by atoms with Gasteiger partial charge < -0.3 is 9.13 Å². The van der Waals surface area contributed by atoms with Crippen LogP contribution in [-0.2, 0) is 0 Å². The van der Waals surface area contributed by atoms with Crippen LogP contribution in [0.4, 0.5) is 0 Å². The number of benzene rings is 10. The topological polar surface area (TPSA) is 9.86 Å². The van der Waals surface area contributed by atoms with Crippen LogP contribution in [0.1, 0.15) is 0 Å². The van der Waals surface area contributed by atoms with Crippen molar-refractivity contribution in [1.29, 1.82) is 0 Å². The molecule has 10 aromatic carbocycles. The maximum absolute atomic E-state index is 3.03. The lowest BCUT2D eigenvalue weighted by Gasteiger charge is -2.35. The van der Waals surface area contributed by atoms with Gasteiger partial charge in [0.25, 0.3) is 0 Å². The van der Waals surface area contributed by atoms with Crippen molar-refractivity contribution in [2.75, 3.05) is 0 Å². The number of hydrogen-bond donors (Lipinski definition) is 0. The molecule has 2 aromatic heterocycles. The van der Waals surface area contributed by atoms with Crippen molar-refractivity contribution in [3.05, 3.63) is 255 Å². The monoisotopic (exact) mass is 818 g/mol. The lowest BCUT2D eigenvalue weighted by molar-refractivity contribution is 1.13. The van der Waals surface area contributed by atoms with Crippen molar-refractivity contribution in [1.82, 2.24) is 9.13 Å². The maximum Gasteiger partial charge on any atom is 0.180 e. The molecule has 0 aliphatic heterocycles. The SMILES string of the molecule is c1ccc(-c2cccc(-n3c4ccccc4c4cccc(-n5c6ccccc6c6c([Si](c7ccccc7)(c7ccccc7)c7cccc(-c8ccccc8)c7)cccc65)c43)c2)cc1. The van der Waals surface area contributed by atoms with E-state index in [1.165, 1.54) is 86.6 Å². The summed E-state index contributed by atoms with van der Waals surface area (Å²) in [4.78, 5) is 0. The van der Waals surface area contributed by atoms with Crippen LogP contribution in [0.2, 0.25) is 0 Å². The third kappa shape index (κ3) is 5.85. The van der Waals surface area contributed by atoms with Crippen LogP contribution >= 0.6 is 0 Å². The second-order valence-electron chi connectivity index (χ2n) is 16.4. The first-order valence-corrected chi connectivity index (χ1v) is 23.8. The van der Waals surface area contributed by atoms with Crippen LogP contribution in [0.15, 0.2) is 255 Å². The van der Waals surface area contributed by atoms with E-state index in [1.54, 1.807) is 0 Å². The molecule has 3 heteroatoms. The molecule has 0 aliphatic rings. The zero-order chi connectivity index (χ0) is 41.7. The molecule has 0 radical (unpaired) electrons. The summed E-state index contributed by atoms with van der Waals surface area (Å²) < 4.78 is 5.03. The molecule has 0 unspecified atom stereocenters. The van der Waals surface area contributed by atoms with Gasteiger partial charge in [0.05, 0.1) is 27.8 Å². The van der Waals surface area contributed by atoms with Gasteiger partial charge in [-0.1, -0.05) is 218 Å². The molecule has 0 aliphatic carbocycles. The Bertz CT molecular complexity index is 3570. The summed E-state index contributed by atoms with van der Waals surface area (Å²) in [5.41, 5.74) is 11.9. The predicted molar refractivity (Wildman–Crippen MR) is 270 cm³/mol. The molecule has 0 fully saturated rings. The second kappa shape index (κ2) is 15.2. The summed E-state index contributed by atoms with van der Waals surface area (Å²) in [6, 6.07) is 94.4. The maximum atomic E-state index is 2.54. The minimum Gasteiger partial charge on any atom is -0.307 e. The second-order valence-corrected chi connectivity index (χ2v) is 20.2. The van der Waals surface area contributed by atoms with Gasteiger partial charge in [0.15, 0.2) is 8.07 Å². The van der Waals surface area contributed by atoms with E-state index in [1.807, 2.05) is 0 Å². The highest BCUT2D eigenvalue weighted by atomic mass is 28.3. The van der Waals surface area contributed by atoms with Gasteiger partial charge >= 0.3 is 0 Å². The lowest BCUT2D eigenvalue weighted by Crippen LogP contribution is -2.74. The van der Waals surface area contributed by atoms with E-state index in [9.17, 15) is 0 Å². The normalized spacial score (nSPS) is 11.8. The molecule has 0 amide bonds. The van der Waals surface area contributed by atoms with E-state index in [0.717, 1.165) is 11.4 Å². The van der Waals surface area contributed by atoms with E-state index >= 15 is 0 Å². The van der Waals surface area contributed by atoms with Crippen molar-refractivity contribution < 1.29 is 0 Å². The molecule has 296 valence electrons. The predicted octanol–water partition coefficient (Wildman–Crippen LogP) is 12.6. The highest BCUT2D eigenvalue weighted by Gasteiger charge is 2.43. The van der Waals surface area contributed by atoms with E-state index in [-0.39, 0.29) is 0 Å². The third-order valence-corrected chi connectivity index (χ3v) is 17.8. The molecule has 12 rings (SSSR count). The molecule has 0 saturated carbocycles. The van der Waals surface area contributed by atoms with Gasteiger partial charge in [0.1, 0.15) is 0 Å². The number of nitrogens with zero attached hydrogens (tertiary/aromatic N) is 2. The summed E-state index contributed by atoms with van der Waals surface area (Å²) in [5, 5.41) is 10.4. The van der Waals surface area contributed by atoms with Gasteiger partial charge in [0.2, 0.25) is 0 Å². The van der Waals surface area contributed by atoms with Crippen molar-refractivity contribution in [3.63, 3.8) is 0 Å². The van der Waals surface area contributed by atoms with Crippen LogP contribution in [0, 0.1) is 0 Å². The van der Waals surface area contributed by atoms with Crippen LogP contribution in [0.25, 0.3) is 77.2 Å². The first kappa shape index (κ1) is 36.8. The largest absolute Gasteiger partial charge is 0.307 e. The molecule has 12 aromatic rings. The van der Waals surface area contributed by atoms with Crippen LogP contribution < -0.4 is 20.7 Å². The average molecular weight is 819 g/mol. The first-order valence-electron chi connectivity index (χ1n) is 21.8. The number of hydrogen-bond acceptors (Lipinski definition) is 0. The lowest BCUT2D eigenvalue weighted by atomic mass is 10.1. The fraction of sp³-hybridized carbons (Fsp3) is 0. The molecular weight excluding hydrogens is 777 g/mol. The Morgan fingerprint density at radius 2 is 0.746 bits per heavy atom. The van der Waals surface area contributed by atoms with E-state index in [4.69, 9.17) is 0 Å². The first-order chi connectivity index (χ1) is 31.3. The summed E-state index contributed by atoms with van der Waals surface area (Å²) >= 11 is 0. The molecule has 63 heavy (non-hydrogen) atoms. The fourth-order valence-electron chi connectivity index (χ4n) is 10.4. The third-order valence-electron chi connectivity index (χ3n) is 13.0. The van der Waals surface area contributed by atoms with Crippen molar-refractivity contribution in [2.45, 2.75) is 0 Å². The van der Waals surface area contributed by atoms with Crippen LogP contribution in [0.3, 0.4) is 0 Å². The summed E-state index contributed by atoms with van der Waals surface area (Å²) in [5.74, 6) is 0. The van der Waals surface area contributed by atoms with Gasteiger partial charge in [-0.3, -0.25) is 0 Å². The molecule has 0 N–H and O–H groups in total. The van der Waals surface area contributed by atoms with Crippen molar-refractivity contribution >= 4 is 72.4 Å². The van der Waals surface area contributed by atoms with E-state index in [2.05, 4.69) is 264 Å². The zero-order valence-electron chi connectivity index (χ0n) is 34.6. The number of fused-ring (bicyclic) bond motifs is 6. The summed E-state index contributed by atoms with van der Waals surface area (Å²) in [7, 11) is -3.03. The Morgan fingerprint density at radius 3 is 1.41 bits per heavy atom. The number of para-hydroxylation sites is 3. The Labute approximate surface area is 368 Å². The van der Waals surface area contributed by atoms with Crippen LogP contribution in [-0.4, -0.2) is 17.2 Å². The van der Waals surface area contributed by atoms with E-state index < -0.39 is 8.07 Å². The summed E-state index contributed by atoms with van der Waals surface area (Å²) in [6.45, 7) is 0. The molecule has 0 spiro atoms. The fourth-order valence-corrected chi connectivity index (χ4v) is 15.4. The van der Waals surface area contributed by atoms with Gasteiger partial charge in [-0.05, 0) is 79.4 Å². The summed E-state index contributed by atoms with van der Waals surface area (Å²) in [6.07, 6.45) is 0. The zero-order valence-corrected chi connectivity index (χ0v) is 35.6. The minimum atomic E-state index is -3.03. The average Bonchev–Trinajstić information content (AvgIpc) is 3.89. The standard InChI is InChI=1S/C60H42N2Si/c1-5-21-43(22-6-1)45-25-17-27-47(41-45)61-54-36-15-13-33-51(54)52-35-19-39-57(60(52)61)62-55-37-16-14-34-53(55)59-56(62)38-20-40-58(59)63(48-28-9-3-10-29-48,49-30-11-4-12-31-49)50-32-18-26-46(42-50)44-23-7-2-8-24-44/h1-42H. The number of rotatable bonds is 8. The van der Waals surface area contributed by atoms with Gasteiger partial charge in [-0.2, -0.15) is 0 Å². The quantitative estimate of drug-likeness (QED) is 0.107. The molecular formula is C60H42N2Si. The molecule has 0 saturated heterocycles. The van der Waals surface area contributed by atoms with Crippen molar-refractivity contribution in [2.24, 2.45) is 0 Å². The molecule has 2 heterocycles. The Morgan fingerprint density at radius 1 is 0.286 bits per heavy atom. The Balaban J connectivity index is 1.20. The highest BCUT2D eigenvalue weighted by molar-refractivity contribution is 7.20. The highest BCUT2D eigenvalue weighted by Crippen LogP contribution is 2.40. The Kier molecular flexibility index (Phi) is 8.87.